The summed E-state index contributed by atoms with van der Waals surface area (Å²) in [7, 11) is 3.12. The van der Waals surface area contributed by atoms with E-state index >= 15 is 0 Å². The monoisotopic (exact) mass is 424 g/mol. The van der Waals surface area contributed by atoms with E-state index in [0.717, 1.165) is 17.0 Å². The summed E-state index contributed by atoms with van der Waals surface area (Å²) in [5, 5.41) is 12.1. The van der Waals surface area contributed by atoms with Gasteiger partial charge in [0.15, 0.2) is 11.0 Å². The molecule has 1 N–H and O–H groups in total. The molecule has 30 heavy (non-hydrogen) atoms. The van der Waals surface area contributed by atoms with E-state index in [-0.39, 0.29) is 11.7 Å². The number of amides is 1. The van der Waals surface area contributed by atoms with E-state index in [1.54, 1.807) is 38.5 Å². The Kier molecular flexibility index (Phi) is 7.13. The lowest BCUT2D eigenvalue weighted by molar-refractivity contribution is -0.113. The number of nitrogens with zero attached hydrogens (tertiary/aromatic N) is 3. The number of aryl methyl sites for hydroxylation is 1. The molecule has 2 aromatic carbocycles. The van der Waals surface area contributed by atoms with Crippen molar-refractivity contribution in [2.75, 3.05) is 25.3 Å². The smallest absolute Gasteiger partial charge is 0.234 e. The number of aromatic nitrogens is 3. The van der Waals surface area contributed by atoms with Crippen LogP contribution in [-0.2, 0) is 11.3 Å². The highest BCUT2D eigenvalue weighted by Gasteiger charge is 2.16. The van der Waals surface area contributed by atoms with E-state index in [2.05, 4.69) is 28.2 Å². The van der Waals surface area contributed by atoms with Crippen LogP contribution in [0.5, 0.6) is 11.5 Å². The Morgan fingerprint density at radius 1 is 1.20 bits per heavy atom. The number of carbonyl (C=O) groups excluding carboxylic acids is 1. The summed E-state index contributed by atoms with van der Waals surface area (Å²) in [5.74, 6) is 1.94. The van der Waals surface area contributed by atoms with Gasteiger partial charge in [-0.15, -0.1) is 16.8 Å². The lowest BCUT2D eigenvalue weighted by Crippen LogP contribution is -2.15. The van der Waals surface area contributed by atoms with Crippen molar-refractivity contribution in [3.63, 3.8) is 0 Å². The lowest BCUT2D eigenvalue weighted by Gasteiger charge is -2.12. The number of allylic oxidation sites excluding steroid dienone is 1. The first-order valence-electron chi connectivity index (χ1n) is 9.31. The molecule has 3 aromatic rings. The molecule has 0 unspecified atom stereocenters. The molecule has 0 aliphatic carbocycles. The Balaban J connectivity index is 1.73. The van der Waals surface area contributed by atoms with Crippen LogP contribution in [0.2, 0.25) is 0 Å². The van der Waals surface area contributed by atoms with Gasteiger partial charge in [0.05, 0.1) is 25.7 Å². The fraction of sp³-hybridized carbons (Fsp3) is 0.227. The maximum atomic E-state index is 12.5. The number of methoxy groups -OCH3 is 2. The quantitative estimate of drug-likeness (QED) is 0.410. The van der Waals surface area contributed by atoms with Crippen LogP contribution in [0.3, 0.4) is 0 Å². The zero-order chi connectivity index (χ0) is 21.5. The standard InChI is InChI=1S/C22H24N4O3S/c1-5-11-26-21(16-8-6-7-15(2)12-16)24-25-22(26)30-14-20(27)23-18-10-9-17(28-3)13-19(18)29-4/h5-10,12-13H,1,11,14H2,2-4H3,(H,23,27). The third kappa shape index (κ3) is 5.01. The summed E-state index contributed by atoms with van der Waals surface area (Å²) in [6.07, 6.45) is 1.79. The summed E-state index contributed by atoms with van der Waals surface area (Å²) < 4.78 is 12.5. The van der Waals surface area contributed by atoms with Crippen LogP contribution in [0.25, 0.3) is 11.4 Å². The van der Waals surface area contributed by atoms with E-state index in [4.69, 9.17) is 9.47 Å². The van der Waals surface area contributed by atoms with Gasteiger partial charge < -0.3 is 14.8 Å². The number of hydrogen-bond acceptors (Lipinski definition) is 6. The molecular weight excluding hydrogens is 400 g/mol. The maximum absolute atomic E-state index is 12.5. The van der Waals surface area contributed by atoms with Crippen molar-refractivity contribution in [1.29, 1.82) is 0 Å². The van der Waals surface area contributed by atoms with Gasteiger partial charge in [0.1, 0.15) is 11.5 Å². The van der Waals surface area contributed by atoms with Crippen LogP contribution < -0.4 is 14.8 Å². The average Bonchev–Trinajstić information content (AvgIpc) is 3.15. The van der Waals surface area contributed by atoms with Gasteiger partial charge in [-0.3, -0.25) is 9.36 Å². The van der Waals surface area contributed by atoms with E-state index in [1.807, 2.05) is 29.7 Å². The molecule has 0 radical (unpaired) electrons. The Labute approximate surface area is 180 Å². The number of anilines is 1. The number of hydrogen-bond donors (Lipinski definition) is 1. The van der Waals surface area contributed by atoms with Gasteiger partial charge in [-0.2, -0.15) is 0 Å². The molecule has 3 rings (SSSR count). The van der Waals surface area contributed by atoms with E-state index < -0.39 is 0 Å². The van der Waals surface area contributed by atoms with Crippen LogP contribution >= 0.6 is 11.8 Å². The number of thioether (sulfide) groups is 1. The molecule has 1 amide bonds. The van der Waals surface area contributed by atoms with Crippen LogP contribution in [0.4, 0.5) is 5.69 Å². The molecule has 7 nitrogen and oxygen atoms in total. The highest BCUT2D eigenvalue weighted by molar-refractivity contribution is 7.99. The van der Waals surface area contributed by atoms with E-state index in [0.29, 0.717) is 28.9 Å². The molecule has 0 saturated heterocycles. The fourth-order valence-corrected chi connectivity index (χ4v) is 3.65. The Morgan fingerprint density at radius 2 is 2.03 bits per heavy atom. The first-order valence-corrected chi connectivity index (χ1v) is 10.3. The zero-order valence-electron chi connectivity index (χ0n) is 17.2. The van der Waals surface area contributed by atoms with Gasteiger partial charge in [0.25, 0.3) is 0 Å². The second kappa shape index (κ2) is 9.98. The third-order valence-corrected chi connectivity index (χ3v) is 5.29. The number of carbonyl (C=O) groups is 1. The molecule has 0 atom stereocenters. The number of benzene rings is 2. The number of ether oxygens (including phenoxy) is 2. The number of nitrogens with one attached hydrogen (secondary N) is 1. The van der Waals surface area contributed by atoms with Gasteiger partial charge >= 0.3 is 0 Å². The van der Waals surface area contributed by atoms with Crippen molar-refractivity contribution < 1.29 is 14.3 Å². The molecule has 156 valence electrons. The summed E-state index contributed by atoms with van der Waals surface area (Å²) in [6.45, 7) is 6.41. The van der Waals surface area contributed by atoms with E-state index in [1.165, 1.54) is 11.8 Å². The molecule has 0 spiro atoms. The Morgan fingerprint density at radius 3 is 2.73 bits per heavy atom. The predicted molar refractivity (Wildman–Crippen MR) is 119 cm³/mol. The molecule has 0 bridgehead atoms. The summed E-state index contributed by atoms with van der Waals surface area (Å²) in [5.41, 5.74) is 2.70. The van der Waals surface area contributed by atoms with Crippen molar-refractivity contribution in [2.45, 2.75) is 18.6 Å². The lowest BCUT2D eigenvalue weighted by atomic mass is 10.1. The normalized spacial score (nSPS) is 10.5. The Hall–Kier alpha value is -3.26. The topological polar surface area (TPSA) is 78.3 Å². The third-order valence-electron chi connectivity index (χ3n) is 4.32. The van der Waals surface area contributed by atoms with E-state index in [9.17, 15) is 4.79 Å². The molecular formula is C22H24N4O3S. The largest absolute Gasteiger partial charge is 0.497 e. The minimum Gasteiger partial charge on any atom is -0.497 e. The minimum absolute atomic E-state index is 0.172. The fourth-order valence-electron chi connectivity index (χ4n) is 2.91. The van der Waals surface area contributed by atoms with Crippen LogP contribution in [-0.4, -0.2) is 40.6 Å². The van der Waals surface area contributed by atoms with Crippen molar-refractivity contribution >= 4 is 23.4 Å². The second-order valence-electron chi connectivity index (χ2n) is 6.48. The molecule has 0 aliphatic heterocycles. The minimum atomic E-state index is -0.172. The highest BCUT2D eigenvalue weighted by atomic mass is 32.2. The second-order valence-corrected chi connectivity index (χ2v) is 7.42. The predicted octanol–water partition coefficient (Wildman–Crippen LogP) is 4.19. The molecule has 0 fully saturated rings. The zero-order valence-corrected chi connectivity index (χ0v) is 18.0. The van der Waals surface area contributed by atoms with Gasteiger partial charge in [0, 0.05) is 18.2 Å². The summed E-state index contributed by atoms with van der Waals surface area (Å²) in [4.78, 5) is 12.5. The van der Waals surface area contributed by atoms with Gasteiger partial charge in [-0.05, 0) is 25.1 Å². The van der Waals surface area contributed by atoms with Crippen molar-refractivity contribution in [3.05, 3.63) is 60.7 Å². The van der Waals surface area contributed by atoms with Crippen molar-refractivity contribution in [3.8, 4) is 22.9 Å². The molecule has 8 heteroatoms. The highest BCUT2D eigenvalue weighted by Crippen LogP contribution is 2.30. The van der Waals surface area contributed by atoms with Crippen LogP contribution in [0.1, 0.15) is 5.56 Å². The molecule has 0 aliphatic rings. The van der Waals surface area contributed by atoms with Crippen molar-refractivity contribution in [2.24, 2.45) is 0 Å². The van der Waals surface area contributed by atoms with Crippen LogP contribution in [0.15, 0.2) is 60.3 Å². The van der Waals surface area contributed by atoms with Crippen LogP contribution in [0, 0.1) is 6.92 Å². The summed E-state index contributed by atoms with van der Waals surface area (Å²) >= 11 is 1.32. The van der Waals surface area contributed by atoms with Gasteiger partial charge in [0.2, 0.25) is 5.91 Å². The SMILES string of the molecule is C=CCn1c(SCC(=O)Nc2ccc(OC)cc2OC)nnc1-c1cccc(C)c1. The summed E-state index contributed by atoms with van der Waals surface area (Å²) in [6, 6.07) is 13.3. The number of rotatable bonds is 9. The first-order chi connectivity index (χ1) is 14.5. The molecule has 1 aromatic heterocycles. The average molecular weight is 425 g/mol. The molecule has 0 saturated carbocycles. The van der Waals surface area contributed by atoms with Gasteiger partial charge in [-0.25, -0.2) is 0 Å². The van der Waals surface area contributed by atoms with Gasteiger partial charge in [-0.1, -0.05) is 41.6 Å². The first kappa shape index (κ1) is 21.4. The maximum Gasteiger partial charge on any atom is 0.234 e. The molecule has 1 heterocycles. The Bertz CT molecular complexity index is 1050. The van der Waals surface area contributed by atoms with Crippen molar-refractivity contribution in [1.82, 2.24) is 14.8 Å².